The Bertz CT molecular complexity index is 581. The molecule has 0 atom stereocenters. The molecule has 0 aliphatic rings. The Kier molecular flexibility index (Phi) is 12.4. The molecule has 0 bridgehead atoms. The summed E-state index contributed by atoms with van der Waals surface area (Å²) in [6.45, 7) is 9.67. The molecule has 1 aromatic rings. The van der Waals surface area contributed by atoms with Crippen LogP contribution in [0.25, 0.3) is 0 Å². The fraction of sp³-hybridized carbons (Fsp3) is 0.619. The lowest BCUT2D eigenvalue weighted by molar-refractivity contribution is -0.114. The molecule has 1 rings (SSSR count). The second-order valence-electron chi connectivity index (χ2n) is 6.73. The Morgan fingerprint density at radius 3 is 2.21 bits per heavy atom. The number of benzene rings is 1. The number of nitrogens with one attached hydrogen (secondary N) is 1. The summed E-state index contributed by atoms with van der Waals surface area (Å²) in [7, 11) is 0. The van der Waals surface area contributed by atoms with Crippen molar-refractivity contribution in [2.24, 2.45) is 0 Å². The molecule has 28 heavy (non-hydrogen) atoms. The Hall–Kier alpha value is -1.73. The average molecular weight is 410 g/mol. The molecular weight excluding hydrogens is 374 g/mol. The molecule has 0 heterocycles. The number of thiol groups is 1. The summed E-state index contributed by atoms with van der Waals surface area (Å²) in [5.74, 6) is 1.29. The number of carbonyl (C=O) groups excluding carboxylic acids is 2. The van der Waals surface area contributed by atoms with Crippen molar-refractivity contribution in [1.82, 2.24) is 9.80 Å². The molecule has 1 N–H and O–H groups in total. The van der Waals surface area contributed by atoms with Crippen molar-refractivity contribution in [2.75, 3.05) is 43.8 Å². The van der Waals surface area contributed by atoms with Gasteiger partial charge in [-0.3, -0.25) is 4.79 Å². The van der Waals surface area contributed by atoms with Crippen molar-refractivity contribution in [3.05, 3.63) is 24.3 Å². The zero-order valence-corrected chi connectivity index (χ0v) is 18.3. The SMILES string of the molecule is CCN(CCCCCCS)CCN(CC)C(=O)Oc1ccc(NC(C)=O)cc1. The molecule has 0 aliphatic heterocycles. The monoisotopic (exact) mass is 409 g/mol. The van der Waals surface area contributed by atoms with Gasteiger partial charge in [-0.15, -0.1) is 0 Å². The quantitative estimate of drug-likeness (QED) is 0.377. The maximum absolute atomic E-state index is 12.4. The zero-order valence-electron chi connectivity index (χ0n) is 17.4. The third kappa shape index (κ3) is 9.99. The molecule has 7 heteroatoms. The van der Waals surface area contributed by atoms with E-state index in [0.717, 1.165) is 25.4 Å². The van der Waals surface area contributed by atoms with Crippen molar-refractivity contribution in [3.8, 4) is 5.75 Å². The van der Waals surface area contributed by atoms with Crippen molar-refractivity contribution >= 4 is 30.3 Å². The minimum Gasteiger partial charge on any atom is -0.410 e. The number of amides is 2. The van der Waals surface area contributed by atoms with Gasteiger partial charge in [0, 0.05) is 32.2 Å². The lowest BCUT2D eigenvalue weighted by atomic mass is 10.2. The molecule has 0 aromatic heterocycles. The van der Waals surface area contributed by atoms with Crippen LogP contribution in [0.1, 0.15) is 46.5 Å². The summed E-state index contributed by atoms with van der Waals surface area (Å²) in [6, 6.07) is 6.79. The highest BCUT2D eigenvalue weighted by Crippen LogP contribution is 2.16. The number of carbonyl (C=O) groups is 2. The Balaban J connectivity index is 2.43. The molecule has 6 nitrogen and oxygen atoms in total. The number of hydrogen-bond acceptors (Lipinski definition) is 5. The molecule has 0 radical (unpaired) electrons. The fourth-order valence-electron chi connectivity index (χ4n) is 2.84. The van der Waals surface area contributed by atoms with E-state index in [4.69, 9.17) is 4.74 Å². The lowest BCUT2D eigenvalue weighted by Gasteiger charge is -2.25. The number of hydrogen-bond donors (Lipinski definition) is 2. The van der Waals surface area contributed by atoms with E-state index in [1.54, 1.807) is 29.2 Å². The molecule has 0 aliphatic carbocycles. The molecule has 158 valence electrons. The molecule has 2 amide bonds. The van der Waals surface area contributed by atoms with Crippen LogP contribution in [-0.4, -0.2) is 60.3 Å². The van der Waals surface area contributed by atoms with Crippen molar-refractivity contribution < 1.29 is 14.3 Å². The van der Waals surface area contributed by atoms with Crippen LogP contribution in [0, 0.1) is 0 Å². The van der Waals surface area contributed by atoms with Crippen LogP contribution in [0.15, 0.2) is 24.3 Å². The largest absolute Gasteiger partial charge is 0.415 e. The van der Waals surface area contributed by atoms with Crippen molar-refractivity contribution in [1.29, 1.82) is 0 Å². The maximum Gasteiger partial charge on any atom is 0.415 e. The topological polar surface area (TPSA) is 61.9 Å². The molecule has 0 fully saturated rings. The maximum atomic E-state index is 12.4. The summed E-state index contributed by atoms with van der Waals surface area (Å²) in [5, 5.41) is 2.69. The standard InChI is InChI=1S/C21H35N3O3S/c1-4-23(14-8-6-7-9-17-28)15-16-24(5-2)21(26)27-20-12-10-19(11-13-20)22-18(3)25/h10-13,28H,4-9,14-17H2,1-3H3,(H,22,25). The number of nitrogens with zero attached hydrogens (tertiary/aromatic N) is 2. The van der Waals surface area contributed by atoms with Gasteiger partial charge < -0.3 is 19.9 Å². The number of anilines is 1. The van der Waals surface area contributed by atoms with Gasteiger partial charge in [-0.1, -0.05) is 19.8 Å². The van der Waals surface area contributed by atoms with Gasteiger partial charge in [0.25, 0.3) is 0 Å². The normalized spacial score (nSPS) is 10.8. The highest BCUT2D eigenvalue weighted by molar-refractivity contribution is 7.80. The van der Waals surface area contributed by atoms with E-state index in [2.05, 4.69) is 29.8 Å². The molecule has 0 spiro atoms. The first kappa shape index (κ1) is 24.3. The zero-order chi connectivity index (χ0) is 20.8. The first-order valence-electron chi connectivity index (χ1n) is 10.2. The van der Waals surface area contributed by atoms with Crippen LogP contribution in [0.3, 0.4) is 0 Å². The second-order valence-corrected chi connectivity index (χ2v) is 7.17. The van der Waals surface area contributed by atoms with Gasteiger partial charge in [0.05, 0.1) is 0 Å². The summed E-state index contributed by atoms with van der Waals surface area (Å²) in [6.07, 6.45) is 4.47. The van der Waals surface area contributed by atoms with E-state index >= 15 is 0 Å². The first-order chi connectivity index (χ1) is 13.5. The highest BCUT2D eigenvalue weighted by Gasteiger charge is 2.15. The Morgan fingerprint density at radius 2 is 1.64 bits per heavy atom. The van der Waals surface area contributed by atoms with Crippen LogP contribution in [0.2, 0.25) is 0 Å². The number of ether oxygens (including phenoxy) is 1. The Morgan fingerprint density at radius 1 is 0.964 bits per heavy atom. The van der Waals surface area contributed by atoms with E-state index in [1.165, 1.54) is 32.6 Å². The van der Waals surface area contributed by atoms with Gasteiger partial charge in [0.1, 0.15) is 5.75 Å². The third-order valence-corrected chi connectivity index (χ3v) is 4.85. The van der Waals surface area contributed by atoms with Crippen LogP contribution in [-0.2, 0) is 4.79 Å². The van der Waals surface area contributed by atoms with Gasteiger partial charge >= 0.3 is 6.09 Å². The second kappa shape index (κ2) is 14.3. The molecule has 0 saturated heterocycles. The minimum absolute atomic E-state index is 0.135. The Labute approximate surface area is 175 Å². The van der Waals surface area contributed by atoms with E-state index < -0.39 is 0 Å². The lowest BCUT2D eigenvalue weighted by Crippen LogP contribution is -2.40. The van der Waals surface area contributed by atoms with Gasteiger partial charge in [0.15, 0.2) is 0 Å². The molecule has 1 aromatic carbocycles. The summed E-state index contributed by atoms with van der Waals surface area (Å²) in [4.78, 5) is 27.6. The highest BCUT2D eigenvalue weighted by atomic mass is 32.1. The first-order valence-corrected chi connectivity index (χ1v) is 10.8. The molecule has 0 saturated carbocycles. The number of unbranched alkanes of at least 4 members (excludes halogenated alkanes) is 3. The summed E-state index contributed by atoms with van der Waals surface area (Å²) in [5.41, 5.74) is 0.674. The number of rotatable bonds is 13. The summed E-state index contributed by atoms with van der Waals surface area (Å²) >= 11 is 4.24. The van der Waals surface area contributed by atoms with Gasteiger partial charge in [-0.2, -0.15) is 12.6 Å². The predicted molar refractivity (Wildman–Crippen MR) is 118 cm³/mol. The van der Waals surface area contributed by atoms with Crippen LogP contribution < -0.4 is 10.1 Å². The van der Waals surface area contributed by atoms with Gasteiger partial charge in [-0.05, 0) is 62.9 Å². The number of likely N-dealkylation sites (N-methyl/N-ethyl adjacent to an activating group) is 2. The van der Waals surface area contributed by atoms with Gasteiger partial charge in [0.2, 0.25) is 5.91 Å². The average Bonchev–Trinajstić information content (AvgIpc) is 2.67. The van der Waals surface area contributed by atoms with Crippen molar-refractivity contribution in [3.63, 3.8) is 0 Å². The van der Waals surface area contributed by atoms with E-state index in [0.29, 0.717) is 24.5 Å². The van der Waals surface area contributed by atoms with E-state index in [1.807, 2.05) is 6.92 Å². The smallest absolute Gasteiger partial charge is 0.410 e. The van der Waals surface area contributed by atoms with Crippen LogP contribution in [0.5, 0.6) is 5.75 Å². The third-order valence-electron chi connectivity index (χ3n) is 4.54. The van der Waals surface area contributed by atoms with Crippen LogP contribution >= 0.6 is 12.6 Å². The van der Waals surface area contributed by atoms with Crippen molar-refractivity contribution in [2.45, 2.75) is 46.5 Å². The predicted octanol–water partition coefficient (Wildman–Crippen LogP) is 4.28. The summed E-state index contributed by atoms with van der Waals surface area (Å²) < 4.78 is 5.47. The van der Waals surface area contributed by atoms with Crippen LogP contribution in [0.4, 0.5) is 10.5 Å². The van der Waals surface area contributed by atoms with E-state index in [9.17, 15) is 9.59 Å². The molecule has 0 unspecified atom stereocenters. The minimum atomic E-state index is -0.348. The van der Waals surface area contributed by atoms with E-state index in [-0.39, 0.29) is 12.0 Å². The van der Waals surface area contributed by atoms with Gasteiger partial charge in [-0.25, -0.2) is 4.79 Å². The fourth-order valence-corrected chi connectivity index (χ4v) is 3.07. The molecular formula is C21H35N3O3S.